The number of ether oxygens (including phenoxy) is 1. The van der Waals surface area contributed by atoms with Gasteiger partial charge in [0, 0.05) is 41.0 Å². The Bertz CT molecular complexity index is 1420. The van der Waals surface area contributed by atoms with Crippen LogP contribution in [0.5, 0.6) is 11.5 Å². The molecule has 4 rings (SSSR count). The van der Waals surface area contributed by atoms with Gasteiger partial charge in [0.2, 0.25) is 0 Å². The molecule has 0 bridgehead atoms. The van der Waals surface area contributed by atoms with Gasteiger partial charge in [0.05, 0.1) is 12.0 Å². The molecule has 0 saturated carbocycles. The van der Waals surface area contributed by atoms with Gasteiger partial charge in [-0.15, -0.1) is 0 Å². The number of aromatic amines is 1. The van der Waals surface area contributed by atoms with E-state index in [9.17, 15) is 24.6 Å². The minimum absolute atomic E-state index is 0.0424. The molecular formula is C24H21N2O7-. The molecule has 2 heterocycles. The number of nitrogens with one attached hydrogen (secondary N) is 2. The Morgan fingerprint density at radius 1 is 1.18 bits per heavy atom. The Labute approximate surface area is 187 Å². The number of carboxylic acid groups (broad SMARTS) is 1. The molecule has 9 nitrogen and oxygen atoms in total. The van der Waals surface area contributed by atoms with Gasteiger partial charge in [-0.25, -0.2) is 4.79 Å². The predicted molar refractivity (Wildman–Crippen MR) is 118 cm³/mol. The van der Waals surface area contributed by atoms with E-state index in [1.54, 1.807) is 31.3 Å². The molecule has 3 N–H and O–H groups in total. The van der Waals surface area contributed by atoms with Crippen LogP contribution in [0.15, 0.2) is 57.9 Å². The molecule has 2 aromatic heterocycles. The zero-order valence-corrected chi connectivity index (χ0v) is 17.9. The van der Waals surface area contributed by atoms with Crippen molar-refractivity contribution in [3.63, 3.8) is 0 Å². The van der Waals surface area contributed by atoms with E-state index in [1.165, 1.54) is 31.2 Å². The highest BCUT2D eigenvalue weighted by molar-refractivity contribution is 5.88. The van der Waals surface area contributed by atoms with Crippen molar-refractivity contribution in [1.82, 2.24) is 10.3 Å². The quantitative estimate of drug-likeness (QED) is 0.363. The third-order valence-corrected chi connectivity index (χ3v) is 5.38. The SMILES string of the molecule is Cc1cc(=O)oc2cc(O[C@H](C)C(=O)N[C@H](Cc3c[nH]c4ccc(O)cc34)C(=O)[O-])ccc12. The predicted octanol–water partition coefficient (Wildman–Crippen LogP) is 1.53. The number of aromatic hydroxyl groups is 1. The second-order valence-corrected chi connectivity index (χ2v) is 7.79. The third-order valence-electron chi connectivity index (χ3n) is 5.38. The summed E-state index contributed by atoms with van der Waals surface area (Å²) in [7, 11) is 0. The fourth-order valence-corrected chi connectivity index (χ4v) is 3.67. The van der Waals surface area contributed by atoms with E-state index in [1.807, 2.05) is 0 Å². The topological polar surface area (TPSA) is 145 Å². The summed E-state index contributed by atoms with van der Waals surface area (Å²) >= 11 is 0. The highest BCUT2D eigenvalue weighted by Gasteiger charge is 2.22. The van der Waals surface area contributed by atoms with Crippen LogP contribution in [0.1, 0.15) is 18.1 Å². The van der Waals surface area contributed by atoms with Crippen molar-refractivity contribution >= 4 is 33.7 Å². The van der Waals surface area contributed by atoms with Crippen molar-refractivity contribution in [2.24, 2.45) is 0 Å². The average Bonchev–Trinajstić information content (AvgIpc) is 3.14. The number of rotatable bonds is 7. The molecule has 4 aromatic rings. The summed E-state index contributed by atoms with van der Waals surface area (Å²) in [5, 5.41) is 25.2. The van der Waals surface area contributed by atoms with E-state index >= 15 is 0 Å². The van der Waals surface area contributed by atoms with Gasteiger partial charge in [-0.05, 0) is 55.3 Å². The first-order valence-electron chi connectivity index (χ1n) is 10.2. The van der Waals surface area contributed by atoms with E-state index in [4.69, 9.17) is 9.15 Å². The monoisotopic (exact) mass is 449 g/mol. The van der Waals surface area contributed by atoms with Gasteiger partial charge in [0.1, 0.15) is 17.1 Å². The third kappa shape index (κ3) is 4.67. The van der Waals surface area contributed by atoms with Gasteiger partial charge in [-0.3, -0.25) is 4.79 Å². The van der Waals surface area contributed by atoms with Gasteiger partial charge in [-0.1, -0.05) is 0 Å². The van der Waals surface area contributed by atoms with Crippen LogP contribution in [0, 0.1) is 6.92 Å². The number of hydrogen-bond acceptors (Lipinski definition) is 7. The number of phenols is 1. The number of hydrogen-bond donors (Lipinski definition) is 3. The molecule has 170 valence electrons. The van der Waals surface area contributed by atoms with Crippen LogP contribution in [-0.2, 0) is 16.0 Å². The Kier molecular flexibility index (Phi) is 5.78. The lowest BCUT2D eigenvalue weighted by atomic mass is 10.0. The summed E-state index contributed by atoms with van der Waals surface area (Å²) in [6, 6.07) is 9.61. The zero-order valence-electron chi connectivity index (χ0n) is 17.9. The Hall–Kier alpha value is -4.27. The Morgan fingerprint density at radius 3 is 2.73 bits per heavy atom. The highest BCUT2D eigenvalue weighted by atomic mass is 16.5. The van der Waals surface area contributed by atoms with E-state index in [0.717, 1.165) is 16.5 Å². The molecule has 2 atom stereocenters. The molecule has 0 aliphatic heterocycles. The first-order valence-corrected chi connectivity index (χ1v) is 10.2. The van der Waals surface area contributed by atoms with Crippen molar-refractivity contribution in [2.75, 3.05) is 0 Å². The lowest BCUT2D eigenvalue weighted by Gasteiger charge is -2.22. The molecule has 1 amide bonds. The van der Waals surface area contributed by atoms with Crippen LogP contribution in [0.4, 0.5) is 0 Å². The Balaban J connectivity index is 1.48. The number of aryl methyl sites for hydroxylation is 1. The average molecular weight is 449 g/mol. The molecule has 0 saturated heterocycles. The van der Waals surface area contributed by atoms with Gasteiger partial charge >= 0.3 is 5.63 Å². The number of benzene rings is 2. The number of H-pyrrole nitrogens is 1. The fourth-order valence-electron chi connectivity index (χ4n) is 3.67. The number of carboxylic acids is 1. The second-order valence-electron chi connectivity index (χ2n) is 7.79. The van der Waals surface area contributed by atoms with Crippen LogP contribution in [-0.4, -0.2) is 34.1 Å². The maximum Gasteiger partial charge on any atom is 0.336 e. The van der Waals surface area contributed by atoms with Crippen molar-refractivity contribution in [1.29, 1.82) is 0 Å². The summed E-state index contributed by atoms with van der Waals surface area (Å²) in [4.78, 5) is 38.9. The first-order chi connectivity index (χ1) is 15.7. The van der Waals surface area contributed by atoms with E-state index in [2.05, 4.69) is 10.3 Å². The maximum absolute atomic E-state index is 12.6. The van der Waals surface area contributed by atoms with Crippen molar-refractivity contribution in [3.8, 4) is 11.5 Å². The largest absolute Gasteiger partial charge is 0.548 e. The van der Waals surface area contributed by atoms with Crippen molar-refractivity contribution in [3.05, 3.63) is 70.2 Å². The number of aromatic nitrogens is 1. The summed E-state index contributed by atoms with van der Waals surface area (Å²) in [5.74, 6) is -1.78. The molecule has 9 heteroatoms. The number of amides is 1. The maximum atomic E-state index is 12.6. The summed E-state index contributed by atoms with van der Waals surface area (Å²) in [6.07, 6.45) is 0.537. The molecule has 0 aliphatic rings. The molecule has 33 heavy (non-hydrogen) atoms. The number of fused-ring (bicyclic) bond motifs is 2. The lowest BCUT2D eigenvalue weighted by Crippen LogP contribution is -2.52. The normalized spacial score (nSPS) is 13.0. The summed E-state index contributed by atoms with van der Waals surface area (Å²) in [6.45, 7) is 3.26. The summed E-state index contributed by atoms with van der Waals surface area (Å²) in [5.41, 5.74) is 1.90. The zero-order chi connectivity index (χ0) is 23.7. The van der Waals surface area contributed by atoms with E-state index in [-0.39, 0.29) is 17.9 Å². The van der Waals surface area contributed by atoms with Gasteiger partial charge < -0.3 is 34.5 Å². The first kappa shape index (κ1) is 21.9. The number of carbonyl (C=O) groups is 2. The van der Waals surface area contributed by atoms with Gasteiger partial charge in [0.15, 0.2) is 6.10 Å². The number of carbonyl (C=O) groups excluding carboxylic acids is 2. The van der Waals surface area contributed by atoms with E-state index < -0.39 is 29.6 Å². The van der Waals surface area contributed by atoms with Gasteiger partial charge in [-0.2, -0.15) is 0 Å². The Morgan fingerprint density at radius 2 is 1.97 bits per heavy atom. The number of phenolic OH excluding ortho intramolecular Hbond substituents is 1. The molecule has 2 aromatic carbocycles. The van der Waals surface area contributed by atoms with E-state index in [0.29, 0.717) is 16.5 Å². The molecule has 0 radical (unpaired) electrons. The van der Waals surface area contributed by atoms with Crippen molar-refractivity contribution in [2.45, 2.75) is 32.4 Å². The highest BCUT2D eigenvalue weighted by Crippen LogP contribution is 2.25. The van der Waals surface area contributed by atoms with Crippen LogP contribution < -0.4 is 20.8 Å². The van der Waals surface area contributed by atoms with Crippen LogP contribution >= 0.6 is 0 Å². The minimum atomic E-state index is -1.45. The van der Waals surface area contributed by atoms with Crippen molar-refractivity contribution < 1.29 is 29.0 Å². The van der Waals surface area contributed by atoms with Crippen LogP contribution in [0.25, 0.3) is 21.9 Å². The van der Waals surface area contributed by atoms with Crippen LogP contribution in [0.2, 0.25) is 0 Å². The molecular weight excluding hydrogens is 428 g/mol. The number of aliphatic carboxylic acids is 1. The molecule has 0 fully saturated rings. The minimum Gasteiger partial charge on any atom is -0.548 e. The molecule has 0 spiro atoms. The lowest BCUT2D eigenvalue weighted by molar-refractivity contribution is -0.308. The molecule has 0 aliphatic carbocycles. The van der Waals surface area contributed by atoms with Gasteiger partial charge in [0.25, 0.3) is 5.91 Å². The second kappa shape index (κ2) is 8.70. The standard InChI is InChI=1S/C24H22N2O7/c1-12-7-22(28)33-21-10-16(4-5-17(12)21)32-13(2)23(29)26-20(24(30)31)8-14-11-25-19-6-3-15(27)9-18(14)19/h3-7,9-11,13,20,25,27H,8H2,1-2H3,(H,26,29)(H,30,31)/p-1/t13-,20-/m1/s1. The van der Waals surface area contributed by atoms with Crippen LogP contribution in [0.3, 0.4) is 0 Å². The summed E-state index contributed by atoms with van der Waals surface area (Å²) < 4.78 is 10.8. The smallest absolute Gasteiger partial charge is 0.336 e. The molecule has 0 unspecified atom stereocenters. The fraction of sp³-hybridized carbons (Fsp3) is 0.208.